The summed E-state index contributed by atoms with van der Waals surface area (Å²) in [7, 11) is 1.90. The first-order valence-corrected chi connectivity index (χ1v) is 5.58. The van der Waals surface area contributed by atoms with Crippen LogP contribution in [-0.2, 0) is 14.3 Å². The molecule has 0 aromatic carbocycles. The van der Waals surface area contributed by atoms with Crippen molar-refractivity contribution >= 4 is 5.97 Å². The first-order chi connectivity index (χ1) is 7.12. The summed E-state index contributed by atoms with van der Waals surface area (Å²) in [6, 6.07) is 0. The van der Waals surface area contributed by atoms with Crippen LogP contribution in [0.4, 0.5) is 0 Å². The second-order valence-electron chi connectivity index (χ2n) is 4.15. The van der Waals surface area contributed by atoms with Crippen LogP contribution >= 0.6 is 0 Å². The summed E-state index contributed by atoms with van der Waals surface area (Å²) in [5.74, 6) is -0.124. The summed E-state index contributed by atoms with van der Waals surface area (Å²) in [4.78, 5) is 11.5. The zero-order valence-corrected chi connectivity index (χ0v) is 9.84. The Morgan fingerprint density at radius 2 is 2.40 bits per heavy atom. The summed E-state index contributed by atoms with van der Waals surface area (Å²) in [5, 5.41) is 3.26. The molecular formula is C11H21NO3. The number of hydrogen-bond acceptors (Lipinski definition) is 4. The molecule has 1 fully saturated rings. The fourth-order valence-electron chi connectivity index (χ4n) is 2.13. The Morgan fingerprint density at radius 1 is 1.67 bits per heavy atom. The molecule has 2 atom stereocenters. The second kappa shape index (κ2) is 5.47. The van der Waals surface area contributed by atoms with Crippen molar-refractivity contribution in [1.29, 1.82) is 0 Å². The molecule has 1 saturated heterocycles. The molecule has 15 heavy (non-hydrogen) atoms. The van der Waals surface area contributed by atoms with Crippen LogP contribution in [-0.4, -0.2) is 37.9 Å². The first-order valence-electron chi connectivity index (χ1n) is 5.58. The smallest absolute Gasteiger partial charge is 0.307 e. The third-order valence-electron chi connectivity index (χ3n) is 2.98. The monoisotopic (exact) mass is 215 g/mol. The lowest BCUT2D eigenvalue weighted by atomic mass is 9.84. The zero-order chi connectivity index (χ0) is 11.3. The van der Waals surface area contributed by atoms with Gasteiger partial charge >= 0.3 is 5.97 Å². The number of carbonyl (C=O) groups excluding carboxylic acids is 1. The van der Waals surface area contributed by atoms with E-state index in [9.17, 15) is 4.79 Å². The minimum atomic E-state index is -0.135. The van der Waals surface area contributed by atoms with Crippen molar-refractivity contribution in [1.82, 2.24) is 5.32 Å². The highest BCUT2D eigenvalue weighted by molar-refractivity contribution is 5.71. The Morgan fingerprint density at radius 3 is 2.93 bits per heavy atom. The molecule has 0 bridgehead atoms. The molecule has 0 aliphatic carbocycles. The molecule has 4 heteroatoms. The Labute approximate surface area is 91.3 Å². The third-order valence-corrected chi connectivity index (χ3v) is 2.98. The number of esters is 1. The highest BCUT2D eigenvalue weighted by atomic mass is 16.5. The Balaban J connectivity index is 2.55. The minimum Gasteiger partial charge on any atom is -0.466 e. The van der Waals surface area contributed by atoms with E-state index >= 15 is 0 Å². The molecule has 1 aliphatic rings. The number of ether oxygens (including phenoxy) is 2. The van der Waals surface area contributed by atoms with E-state index in [0.717, 1.165) is 12.8 Å². The van der Waals surface area contributed by atoms with Gasteiger partial charge in [-0.2, -0.15) is 0 Å². The van der Waals surface area contributed by atoms with Crippen LogP contribution in [0.3, 0.4) is 0 Å². The van der Waals surface area contributed by atoms with E-state index in [4.69, 9.17) is 9.47 Å². The van der Waals surface area contributed by atoms with Crippen LogP contribution in [0.2, 0.25) is 0 Å². The number of hydrogen-bond donors (Lipinski definition) is 1. The molecule has 0 saturated carbocycles. The van der Waals surface area contributed by atoms with Crippen molar-refractivity contribution in [2.45, 2.75) is 44.8 Å². The van der Waals surface area contributed by atoms with Crippen molar-refractivity contribution in [3.63, 3.8) is 0 Å². The molecule has 0 spiro atoms. The van der Waals surface area contributed by atoms with E-state index in [2.05, 4.69) is 5.32 Å². The standard InChI is InChI=1S/C11H21NO3/c1-4-14-10(13)8-11(12-3)5-6-15-9(2)7-11/h9,12H,4-8H2,1-3H3. The lowest BCUT2D eigenvalue weighted by Gasteiger charge is -2.39. The van der Waals surface area contributed by atoms with Gasteiger partial charge in [0.1, 0.15) is 0 Å². The quantitative estimate of drug-likeness (QED) is 0.713. The Bertz CT molecular complexity index is 220. The van der Waals surface area contributed by atoms with Crippen LogP contribution in [0.1, 0.15) is 33.1 Å². The van der Waals surface area contributed by atoms with Gasteiger partial charge < -0.3 is 14.8 Å². The Kier molecular flexibility index (Phi) is 4.54. The minimum absolute atomic E-state index is 0.124. The average molecular weight is 215 g/mol. The predicted molar refractivity (Wildman–Crippen MR) is 57.7 cm³/mol. The fourth-order valence-corrected chi connectivity index (χ4v) is 2.13. The van der Waals surface area contributed by atoms with E-state index in [1.807, 2.05) is 20.9 Å². The summed E-state index contributed by atoms with van der Waals surface area (Å²) in [6.45, 7) is 5.03. The van der Waals surface area contributed by atoms with Crippen molar-refractivity contribution in [3.8, 4) is 0 Å². The van der Waals surface area contributed by atoms with Gasteiger partial charge in [0.25, 0.3) is 0 Å². The van der Waals surface area contributed by atoms with Crippen LogP contribution in [0.5, 0.6) is 0 Å². The summed E-state index contributed by atoms with van der Waals surface area (Å²) in [6.07, 6.45) is 2.38. The van der Waals surface area contributed by atoms with Gasteiger partial charge in [0.15, 0.2) is 0 Å². The molecule has 0 radical (unpaired) electrons. The third kappa shape index (κ3) is 3.47. The van der Waals surface area contributed by atoms with Gasteiger partial charge in [-0.15, -0.1) is 0 Å². The molecule has 1 aliphatic heterocycles. The van der Waals surface area contributed by atoms with Crippen LogP contribution in [0.15, 0.2) is 0 Å². The van der Waals surface area contributed by atoms with Gasteiger partial charge in [-0.1, -0.05) is 0 Å². The molecule has 1 rings (SSSR count). The molecule has 0 aromatic rings. The molecule has 1 N–H and O–H groups in total. The van der Waals surface area contributed by atoms with E-state index in [1.165, 1.54) is 0 Å². The molecular weight excluding hydrogens is 194 g/mol. The molecule has 1 heterocycles. The molecule has 2 unspecified atom stereocenters. The maximum Gasteiger partial charge on any atom is 0.307 e. The molecule has 0 aromatic heterocycles. The van der Waals surface area contributed by atoms with E-state index in [0.29, 0.717) is 19.6 Å². The van der Waals surface area contributed by atoms with Crippen LogP contribution in [0, 0.1) is 0 Å². The second-order valence-corrected chi connectivity index (χ2v) is 4.15. The largest absolute Gasteiger partial charge is 0.466 e. The van der Waals surface area contributed by atoms with Gasteiger partial charge in [0, 0.05) is 12.1 Å². The predicted octanol–water partition coefficient (Wildman–Crippen LogP) is 1.10. The van der Waals surface area contributed by atoms with Gasteiger partial charge in [0.2, 0.25) is 0 Å². The van der Waals surface area contributed by atoms with E-state index < -0.39 is 0 Å². The SMILES string of the molecule is CCOC(=O)CC1(NC)CCOC(C)C1. The first kappa shape index (κ1) is 12.5. The topological polar surface area (TPSA) is 47.6 Å². The maximum atomic E-state index is 11.5. The molecule has 4 nitrogen and oxygen atoms in total. The van der Waals surface area contributed by atoms with Crippen molar-refractivity contribution in [2.24, 2.45) is 0 Å². The summed E-state index contributed by atoms with van der Waals surface area (Å²) in [5.41, 5.74) is -0.135. The van der Waals surface area contributed by atoms with Crippen molar-refractivity contribution in [2.75, 3.05) is 20.3 Å². The highest BCUT2D eigenvalue weighted by Crippen LogP contribution is 2.28. The molecule has 0 amide bonds. The van der Waals surface area contributed by atoms with Crippen molar-refractivity contribution in [3.05, 3.63) is 0 Å². The van der Waals surface area contributed by atoms with Gasteiger partial charge in [-0.3, -0.25) is 4.79 Å². The maximum absolute atomic E-state index is 11.5. The highest BCUT2D eigenvalue weighted by Gasteiger charge is 2.36. The van der Waals surface area contributed by atoms with Gasteiger partial charge in [0.05, 0.1) is 19.1 Å². The fraction of sp³-hybridized carbons (Fsp3) is 0.909. The number of nitrogens with one attached hydrogen (secondary N) is 1. The van der Waals surface area contributed by atoms with Gasteiger partial charge in [-0.05, 0) is 33.7 Å². The van der Waals surface area contributed by atoms with Crippen LogP contribution in [0.25, 0.3) is 0 Å². The normalized spacial score (nSPS) is 31.3. The summed E-state index contributed by atoms with van der Waals surface area (Å²) >= 11 is 0. The number of carbonyl (C=O) groups is 1. The Hall–Kier alpha value is -0.610. The lowest BCUT2D eigenvalue weighted by molar-refractivity contribution is -0.146. The van der Waals surface area contributed by atoms with E-state index in [-0.39, 0.29) is 17.6 Å². The average Bonchev–Trinajstić information content (AvgIpc) is 2.18. The molecule has 88 valence electrons. The van der Waals surface area contributed by atoms with E-state index in [1.54, 1.807) is 0 Å². The van der Waals surface area contributed by atoms with Crippen molar-refractivity contribution < 1.29 is 14.3 Å². The number of rotatable bonds is 4. The lowest BCUT2D eigenvalue weighted by Crippen LogP contribution is -2.51. The van der Waals surface area contributed by atoms with Crippen LogP contribution < -0.4 is 5.32 Å². The zero-order valence-electron chi connectivity index (χ0n) is 9.84. The van der Waals surface area contributed by atoms with Gasteiger partial charge in [-0.25, -0.2) is 0 Å². The summed E-state index contributed by atoms with van der Waals surface area (Å²) < 4.78 is 10.5.